The Morgan fingerprint density at radius 3 is 2.32 bits per heavy atom. The van der Waals surface area contributed by atoms with Crippen molar-refractivity contribution in [3.8, 4) is 0 Å². The van der Waals surface area contributed by atoms with Gasteiger partial charge in [-0.3, -0.25) is 9.36 Å². The molecule has 0 bridgehead atoms. The molecule has 0 fully saturated rings. The highest BCUT2D eigenvalue weighted by molar-refractivity contribution is 6.28. The number of hydrogen-bond acceptors (Lipinski definition) is 9. The van der Waals surface area contributed by atoms with E-state index in [0.717, 1.165) is 22.3 Å². The SMILES string of the molecule is Cc1cc(N(C(=O)O)C(=O)OC(C)(C)C)nc(C)c1CNc1nc(Cl)nc2nn(Cc3ccc(Cn4cccn4)cc3)cc12. The van der Waals surface area contributed by atoms with Gasteiger partial charge in [0.15, 0.2) is 5.65 Å². The van der Waals surface area contributed by atoms with Gasteiger partial charge >= 0.3 is 12.2 Å². The highest BCUT2D eigenvalue weighted by Crippen LogP contribution is 2.26. The lowest BCUT2D eigenvalue weighted by Gasteiger charge is -2.24. The molecular formula is C30H32ClN9O4. The fourth-order valence-corrected chi connectivity index (χ4v) is 4.79. The van der Waals surface area contributed by atoms with Crippen LogP contribution in [0.2, 0.25) is 5.28 Å². The predicted molar refractivity (Wildman–Crippen MR) is 165 cm³/mol. The summed E-state index contributed by atoms with van der Waals surface area (Å²) in [6.45, 7) is 10.0. The van der Waals surface area contributed by atoms with Crippen molar-refractivity contribution >= 4 is 46.5 Å². The summed E-state index contributed by atoms with van der Waals surface area (Å²) in [5.74, 6) is 0.443. The maximum Gasteiger partial charge on any atom is 0.425 e. The number of imide groups is 1. The summed E-state index contributed by atoms with van der Waals surface area (Å²) in [5, 5.41) is 22.6. The molecule has 13 nitrogen and oxygen atoms in total. The molecule has 5 rings (SSSR count). The molecule has 228 valence electrons. The molecule has 0 radical (unpaired) electrons. The van der Waals surface area contributed by atoms with E-state index in [1.54, 1.807) is 38.6 Å². The summed E-state index contributed by atoms with van der Waals surface area (Å²) >= 11 is 6.24. The zero-order valence-electron chi connectivity index (χ0n) is 24.9. The highest BCUT2D eigenvalue weighted by Gasteiger charge is 2.30. The van der Waals surface area contributed by atoms with Gasteiger partial charge in [0.2, 0.25) is 5.28 Å². The third-order valence-electron chi connectivity index (χ3n) is 6.64. The van der Waals surface area contributed by atoms with Crippen LogP contribution in [0.3, 0.4) is 0 Å². The van der Waals surface area contributed by atoms with Crippen LogP contribution in [-0.4, -0.2) is 57.4 Å². The number of nitrogens with zero attached hydrogens (tertiary/aromatic N) is 8. The van der Waals surface area contributed by atoms with Crippen molar-refractivity contribution in [2.75, 3.05) is 10.2 Å². The van der Waals surface area contributed by atoms with Crippen molar-refractivity contribution in [1.82, 2.24) is 34.5 Å². The number of carboxylic acid groups (broad SMARTS) is 1. The third-order valence-corrected chi connectivity index (χ3v) is 6.81. The van der Waals surface area contributed by atoms with Crippen LogP contribution >= 0.6 is 11.6 Å². The van der Waals surface area contributed by atoms with Gasteiger partial charge in [0.1, 0.15) is 17.2 Å². The van der Waals surface area contributed by atoms with Crippen LogP contribution in [0.15, 0.2) is 55.0 Å². The van der Waals surface area contributed by atoms with Crippen LogP contribution < -0.4 is 10.2 Å². The monoisotopic (exact) mass is 617 g/mol. The second kappa shape index (κ2) is 12.3. The molecule has 2 amide bonds. The average Bonchev–Trinajstić information content (AvgIpc) is 3.57. The Hall–Kier alpha value is -5.04. The predicted octanol–water partition coefficient (Wildman–Crippen LogP) is 5.82. The minimum Gasteiger partial charge on any atom is -0.464 e. The fourth-order valence-electron chi connectivity index (χ4n) is 4.63. The van der Waals surface area contributed by atoms with Gasteiger partial charge in [0.05, 0.1) is 18.5 Å². The van der Waals surface area contributed by atoms with Crippen molar-refractivity contribution < 1.29 is 19.4 Å². The van der Waals surface area contributed by atoms with Gasteiger partial charge in [-0.2, -0.15) is 25.1 Å². The molecule has 0 aliphatic rings. The number of aryl methyl sites for hydroxylation is 2. The molecule has 0 saturated heterocycles. The molecule has 2 N–H and O–H groups in total. The number of nitrogens with one attached hydrogen (secondary N) is 1. The Morgan fingerprint density at radius 1 is 1.05 bits per heavy atom. The highest BCUT2D eigenvalue weighted by atomic mass is 35.5. The molecule has 4 aromatic heterocycles. The van der Waals surface area contributed by atoms with Crippen LogP contribution in [0, 0.1) is 13.8 Å². The van der Waals surface area contributed by atoms with Gasteiger partial charge in [0, 0.05) is 30.8 Å². The van der Waals surface area contributed by atoms with E-state index < -0.39 is 17.8 Å². The molecule has 0 aliphatic heterocycles. The number of carbonyl (C=O) groups excluding carboxylic acids is 1. The average molecular weight is 618 g/mol. The number of ether oxygens (including phenoxy) is 1. The summed E-state index contributed by atoms with van der Waals surface area (Å²) in [4.78, 5) is 38.1. The van der Waals surface area contributed by atoms with E-state index in [1.807, 2.05) is 30.1 Å². The van der Waals surface area contributed by atoms with Crippen LogP contribution in [0.5, 0.6) is 0 Å². The number of pyridine rings is 1. The van der Waals surface area contributed by atoms with Gasteiger partial charge in [-0.05, 0) is 80.6 Å². The topological polar surface area (TPSA) is 153 Å². The second-order valence-corrected chi connectivity index (χ2v) is 11.6. The van der Waals surface area contributed by atoms with Gasteiger partial charge in [-0.1, -0.05) is 24.3 Å². The number of fused-ring (bicyclic) bond motifs is 1. The standard InChI is InChI=1S/C30H32ClN9O4/c1-18-13-24(40(28(41)42)29(43)44-30(3,4)5)34-19(2)22(18)14-32-25-23-17-39(37-26(23)36-27(31)35-25)16-21-9-7-20(8-10-21)15-38-12-6-11-33-38/h6-13,17H,14-16H2,1-5H3,(H,41,42)(H,32,35,36,37). The summed E-state index contributed by atoms with van der Waals surface area (Å²) in [6.07, 6.45) is 3.03. The molecule has 0 saturated carbocycles. The van der Waals surface area contributed by atoms with Gasteiger partial charge in [-0.25, -0.2) is 14.6 Å². The minimum atomic E-state index is -1.49. The van der Waals surface area contributed by atoms with Gasteiger partial charge in [-0.15, -0.1) is 0 Å². The van der Waals surface area contributed by atoms with Crippen LogP contribution in [0.25, 0.3) is 11.0 Å². The molecular weight excluding hydrogens is 586 g/mol. The van der Waals surface area contributed by atoms with Crippen LogP contribution in [0.4, 0.5) is 21.2 Å². The molecule has 0 atom stereocenters. The quantitative estimate of drug-likeness (QED) is 0.204. The van der Waals surface area contributed by atoms with E-state index in [-0.39, 0.29) is 11.1 Å². The van der Waals surface area contributed by atoms with E-state index in [4.69, 9.17) is 16.3 Å². The number of rotatable bonds is 8. The van der Waals surface area contributed by atoms with Crippen molar-refractivity contribution in [2.24, 2.45) is 0 Å². The summed E-state index contributed by atoms with van der Waals surface area (Å²) in [5.41, 5.74) is 3.83. The Morgan fingerprint density at radius 2 is 1.73 bits per heavy atom. The lowest BCUT2D eigenvalue weighted by atomic mass is 10.1. The molecule has 44 heavy (non-hydrogen) atoms. The van der Waals surface area contributed by atoms with Crippen molar-refractivity contribution in [3.63, 3.8) is 0 Å². The molecule has 0 aliphatic carbocycles. The first kappa shape index (κ1) is 30.4. The number of anilines is 2. The summed E-state index contributed by atoms with van der Waals surface area (Å²) < 4.78 is 8.92. The number of halogens is 1. The number of carbonyl (C=O) groups is 2. The lowest BCUT2D eigenvalue weighted by Crippen LogP contribution is -2.40. The Kier molecular flexibility index (Phi) is 8.50. The van der Waals surface area contributed by atoms with E-state index >= 15 is 0 Å². The Balaban J connectivity index is 1.33. The van der Waals surface area contributed by atoms with Gasteiger partial charge < -0.3 is 15.2 Å². The smallest absolute Gasteiger partial charge is 0.425 e. The maximum atomic E-state index is 12.6. The fraction of sp³-hybridized carbons (Fsp3) is 0.300. The first-order valence-electron chi connectivity index (χ1n) is 13.8. The van der Waals surface area contributed by atoms with E-state index in [9.17, 15) is 14.7 Å². The third kappa shape index (κ3) is 7.11. The number of aromatic nitrogens is 7. The first-order chi connectivity index (χ1) is 20.9. The second-order valence-electron chi connectivity index (χ2n) is 11.2. The Labute approximate surface area is 258 Å². The molecule has 0 spiro atoms. The Bertz CT molecular complexity index is 1790. The van der Waals surface area contributed by atoms with Crippen molar-refractivity contribution in [3.05, 3.63) is 88.2 Å². The molecule has 14 heteroatoms. The zero-order valence-corrected chi connectivity index (χ0v) is 25.7. The number of amides is 2. The van der Waals surface area contributed by atoms with E-state index in [0.29, 0.717) is 47.1 Å². The van der Waals surface area contributed by atoms with Gasteiger partial charge in [0.25, 0.3) is 0 Å². The van der Waals surface area contributed by atoms with Crippen LogP contribution in [0.1, 0.15) is 48.7 Å². The minimum absolute atomic E-state index is 0.0459. The van der Waals surface area contributed by atoms with Crippen molar-refractivity contribution in [1.29, 1.82) is 0 Å². The molecule has 1 aromatic carbocycles. The largest absolute Gasteiger partial charge is 0.464 e. The van der Waals surface area contributed by atoms with Crippen LogP contribution in [-0.2, 0) is 24.4 Å². The maximum absolute atomic E-state index is 12.6. The molecule has 0 unspecified atom stereocenters. The number of benzene rings is 1. The first-order valence-corrected chi connectivity index (χ1v) is 14.2. The van der Waals surface area contributed by atoms with Crippen molar-refractivity contribution in [2.45, 2.75) is 59.9 Å². The lowest BCUT2D eigenvalue weighted by molar-refractivity contribution is 0.0581. The summed E-state index contributed by atoms with van der Waals surface area (Å²) in [7, 11) is 0. The number of hydrogen-bond donors (Lipinski definition) is 2. The van der Waals surface area contributed by atoms with E-state index in [1.165, 1.54) is 6.07 Å². The molecule has 4 heterocycles. The summed E-state index contributed by atoms with van der Waals surface area (Å²) in [6, 6.07) is 11.7. The molecule has 5 aromatic rings. The van der Waals surface area contributed by atoms with E-state index in [2.05, 4.69) is 54.7 Å². The normalized spacial score (nSPS) is 11.5. The zero-order chi connectivity index (χ0) is 31.6.